The molecule has 0 bridgehead atoms. The van der Waals surface area contributed by atoms with Gasteiger partial charge in [0.15, 0.2) is 0 Å². The van der Waals surface area contributed by atoms with Crippen LogP contribution in [0.2, 0.25) is 0 Å². The van der Waals surface area contributed by atoms with Crippen molar-refractivity contribution in [2.24, 2.45) is 0 Å². The Kier molecular flexibility index (Phi) is 3.53. The molecule has 6 heteroatoms. The molecule has 2 aromatic heterocycles. The Morgan fingerprint density at radius 2 is 2.41 bits per heavy atom. The Morgan fingerprint density at radius 1 is 1.59 bits per heavy atom. The lowest BCUT2D eigenvalue weighted by molar-refractivity contribution is 0.435. The number of aromatic amines is 1. The first-order valence-electron chi connectivity index (χ1n) is 5.16. The molecule has 2 rings (SSSR count). The van der Waals surface area contributed by atoms with Crippen LogP contribution < -0.4 is 5.69 Å². The number of aryl methyl sites for hydroxylation is 1. The molecule has 0 amide bonds. The van der Waals surface area contributed by atoms with Crippen molar-refractivity contribution in [1.82, 2.24) is 14.5 Å². The van der Waals surface area contributed by atoms with E-state index in [1.807, 2.05) is 6.26 Å². The van der Waals surface area contributed by atoms with Crippen LogP contribution in [0, 0.1) is 0 Å². The summed E-state index contributed by atoms with van der Waals surface area (Å²) in [7, 11) is 0. The monoisotopic (exact) mass is 251 g/mol. The van der Waals surface area contributed by atoms with E-state index in [2.05, 4.69) is 9.97 Å². The number of aromatic hydroxyl groups is 1. The molecule has 0 radical (unpaired) electrons. The van der Waals surface area contributed by atoms with E-state index in [0.717, 1.165) is 5.75 Å². The van der Waals surface area contributed by atoms with Crippen LogP contribution in [0.25, 0.3) is 5.69 Å². The van der Waals surface area contributed by atoms with E-state index < -0.39 is 0 Å². The second kappa shape index (κ2) is 5.09. The Morgan fingerprint density at radius 3 is 3.06 bits per heavy atom. The largest absolute Gasteiger partial charge is 0.493 e. The van der Waals surface area contributed by atoms with Crippen molar-refractivity contribution in [2.75, 3.05) is 12.0 Å². The molecular formula is C11H13N3O2S. The fourth-order valence-corrected chi connectivity index (χ4v) is 1.98. The maximum atomic E-state index is 11.7. The van der Waals surface area contributed by atoms with Gasteiger partial charge in [-0.25, -0.2) is 9.36 Å². The second-order valence-corrected chi connectivity index (χ2v) is 4.51. The zero-order valence-electron chi connectivity index (χ0n) is 9.38. The molecule has 0 aliphatic rings. The summed E-state index contributed by atoms with van der Waals surface area (Å²) in [6.45, 7) is 0. The number of nitrogens with one attached hydrogen (secondary N) is 1. The molecule has 0 fully saturated rings. The SMILES string of the molecule is CSCCc1[nH]c(=O)n(-c2cccnc2)c1O. The number of thioether (sulfide) groups is 1. The molecule has 2 aromatic rings. The van der Waals surface area contributed by atoms with Gasteiger partial charge in [-0.05, 0) is 24.1 Å². The number of nitrogens with zero attached hydrogens (tertiary/aromatic N) is 2. The maximum absolute atomic E-state index is 11.7. The van der Waals surface area contributed by atoms with Crippen molar-refractivity contribution in [2.45, 2.75) is 6.42 Å². The van der Waals surface area contributed by atoms with Gasteiger partial charge < -0.3 is 10.1 Å². The first kappa shape index (κ1) is 11.8. The zero-order valence-corrected chi connectivity index (χ0v) is 10.2. The number of H-pyrrole nitrogens is 1. The van der Waals surface area contributed by atoms with E-state index in [9.17, 15) is 9.90 Å². The average molecular weight is 251 g/mol. The van der Waals surface area contributed by atoms with Crippen LogP contribution in [0.4, 0.5) is 0 Å². The number of imidazole rings is 1. The highest BCUT2D eigenvalue weighted by Crippen LogP contribution is 2.18. The van der Waals surface area contributed by atoms with Crippen LogP contribution in [0.3, 0.4) is 0 Å². The van der Waals surface area contributed by atoms with Crippen LogP contribution in [-0.2, 0) is 6.42 Å². The molecule has 0 aliphatic heterocycles. The quantitative estimate of drug-likeness (QED) is 0.855. The Labute approximate surface area is 103 Å². The number of pyridine rings is 1. The first-order valence-corrected chi connectivity index (χ1v) is 6.55. The third-order valence-electron chi connectivity index (χ3n) is 2.40. The van der Waals surface area contributed by atoms with Crippen molar-refractivity contribution in [3.63, 3.8) is 0 Å². The van der Waals surface area contributed by atoms with E-state index >= 15 is 0 Å². The third-order valence-corrected chi connectivity index (χ3v) is 3.02. The molecule has 0 spiro atoms. The van der Waals surface area contributed by atoms with E-state index in [-0.39, 0.29) is 11.6 Å². The molecule has 5 nitrogen and oxygen atoms in total. The fourth-order valence-electron chi connectivity index (χ4n) is 1.58. The molecule has 17 heavy (non-hydrogen) atoms. The predicted molar refractivity (Wildman–Crippen MR) is 67.9 cm³/mol. The van der Waals surface area contributed by atoms with E-state index in [0.29, 0.717) is 17.8 Å². The van der Waals surface area contributed by atoms with Gasteiger partial charge in [0, 0.05) is 12.6 Å². The van der Waals surface area contributed by atoms with Gasteiger partial charge in [0.2, 0.25) is 5.88 Å². The lowest BCUT2D eigenvalue weighted by Gasteiger charge is -2.02. The predicted octanol–water partition coefficient (Wildman–Crippen LogP) is 1.17. The van der Waals surface area contributed by atoms with Gasteiger partial charge in [-0.1, -0.05) is 0 Å². The summed E-state index contributed by atoms with van der Waals surface area (Å²) >= 11 is 1.66. The van der Waals surface area contributed by atoms with Crippen LogP contribution in [-0.4, -0.2) is 31.7 Å². The minimum absolute atomic E-state index is 0.0305. The number of aromatic nitrogens is 3. The smallest absolute Gasteiger partial charge is 0.333 e. The van der Waals surface area contributed by atoms with Gasteiger partial charge in [-0.15, -0.1) is 0 Å². The van der Waals surface area contributed by atoms with Crippen LogP contribution in [0.1, 0.15) is 5.69 Å². The van der Waals surface area contributed by atoms with Crippen molar-refractivity contribution < 1.29 is 5.11 Å². The molecule has 0 aliphatic carbocycles. The molecule has 0 saturated carbocycles. The van der Waals surface area contributed by atoms with Gasteiger partial charge in [-0.2, -0.15) is 11.8 Å². The average Bonchev–Trinajstić information content (AvgIpc) is 2.63. The third kappa shape index (κ3) is 2.36. The van der Waals surface area contributed by atoms with Crippen molar-refractivity contribution in [1.29, 1.82) is 0 Å². The van der Waals surface area contributed by atoms with E-state index in [1.165, 1.54) is 10.8 Å². The molecule has 0 saturated heterocycles. The van der Waals surface area contributed by atoms with Crippen LogP contribution in [0.5, 0.6) is 5.88 Å². The Balaban J connectivity index is 2.42. The molecule has 2 N–H and O–H groups in total. The summed E-state index contributed by atoms with van der Waals surface area (Å²) in [5, 5.41) is 9.98. The highest BCUT2D eigenvalue weighted by Gasteiger charge is 2.13. The maximum Gasteiger partial charge on any atom is 0.333 e. The highest BCUT2D eigenvalue weighted by molar-refractivity contribution is 7.98. The summed E-state index contributed by atoms with van der Waals surface area (Å²) < 4.78 is 1.22. The minimum Gasteiger partial charge on any atom is -0.493 e. The molecule has 0 unspecified atom stereocenters. The second-order valence-electron chi connectivity index (χ2n) is 3.52. The van der Waals surface area contributed by atoms with Crippen LogP contribution in [0.15, 0.2) is 29.3 Å². The topological polar surface area (TPSA) is 70.9 Å². The van der Waals surface area contributed by atoms with Gasteiger partial charge in [0.05, 0.1) is 17.6 Å². The Bertz CT molecular complexity index is 548. The standard InChI is InChI=1S/C11H13N3O2S/c1-17-6-4-9-10(15)14(11(16)13-9)8-3-2-5-12-7-8/h2-3,5,7,15H,4,6H2,1H3,(H,13,16). The summed E-state index contributed by atoms with van der Waals surface area (Å²) in [6, 6.07) is 3.44. The molecule has 0 aromatic carbocycles. The van der Waals surface area contributed by atoms with Gasteiger partial charge >= 0.3 is 5.69 Å². The summed E-state index contributed by atoms with van der Waals surface area (Å²) in [4.78, 5) is 18.3. The number of hydrogen-bond donors (Lipinski definition) is 2. The summed E-state index contributed by atoms with van der Waals surface area (Å²) in [5.74, 6) is 0.817. The summed E-state index contributed by atoms with van der Waals surface area (Å²) in [5.41, 5.74) is 0.779. The van der Waals surface area contributed by atoms with E-state index in [1.54, 1.807) is 30.1 Å². The molecule has 90 valence electrons. The fraction of sp³-hybridized carbons (Fsp3) is 0.273. The summed E-state index contributed by atoms with van der Waals surface area (Å²) in [6.07, 6.45) is 5.77. The van der Waals surface area contributed by atoms with Crippen molar-refractivity contribution in [3.8, 4) is 11.6 Å². The number of hydrogen-bond acceptors (Lipinski definition) is 4. The number of rotatable bonds is 4. The molecular weight excluding hydrogens is 238 g/mol. The minimum atomic E-state index is -0.341. The van der Waals surface area contributed by atoms with Crippen LogP contribution >= 0.6 is 11.8 Å². The molecule has 0 atom stereocenters. The van der Waals surface area contributed by atoms with Gasteiger partial charge in [0.25, 0.3) is 0 Å². The normalized spacial score (nSPS) is 10.6. The zero-order chi connectivity index (χ0) is 12.3. The lowest BCUT2D eigenvalue weighted by Crippen LogP contribution is -2.14. The molecule has 2 heterocycles. The highest BCUT2D eigenvalue weighted by atomic mass is 32.2. The van der Waals surface area contributed by atoms with Gasteiger partial charge in [0.1, 0.15) is 0 Å². The lowest BCUT2D eigenvalue weighted by atomic mass is 10.3. The van der Waals surface area contributed by atoms with Gasteiger partial charge in [-0.3, -0.25) is 4.98 Å². The Hall–Kier alpha value is -1.69. The van der Waals surface area contributed by atoms with Crippen molar-refractivity contribution >= 4 is 11.8 Å². The van der Waals surface area contributed by atoms with E-state index in [4.69, 9.17) is 0 Å². The first-order chi connectivity index (χ1) is 8.24. The van der Waals surface area contributed by atoms with Crippen molar-refractivity contribution in [3.05, 3.63) is 40.7 Å².